The zero-order valence-electron chi connectivity index (χ0n) is 14.5. The monoisotopic (exact) mass is 341 g/mol. The Morgan fingerprint density at radius 1 is 1.32 bits per heavy atom. The molecule has 0 unspecified atom stereocenters. The van der Waals surface area contributed by atoms with Gasteiger partial charge in [0.25, 0.3) is 5.91 Å². The fraction of sp³-hybridized carbons (Fsp3) is 0.579. The molecule has 2 heterocycles. The molecule has 1 aromatic heterocycles. The van der Waals surface area contributed by atoms with E-state index in [1.54, 1.807) is 11.1 Å². The Kier molecular flexibility index (Phi) is 3.85. The van der Waals surface area contributed by atoms with Gasteiger partial charge in [-0.1, -0.05) is 18.1 Å². The first-order valence-corrected chi connectivity index (χ1v) is 9.07. The smallest absolute Gasteiger partial charge is 0.313 e. The Morgan fingerprint density at radius 2 is 2.08 bits per heavy atom. The van der Waals surface area contributed by atoms with E-state index in [1.807, 2.05) is 13.0 Å². The minimum Gasteiger partial charge on any atom is -0.481 e. The second-order valence-electron chi connectivity index (χ2n) is 7.47. The lowest BCUT2D eigenvalue weighted by atomic mass is 9.62. The van der Waals surface area contributed by atoms with Gasteiger partial charge >= 0.3 is 5.97 Å². The van der Waals surface area contributed by atoms with E-state index in [-0.39, 0.29) is 5.91 Å². The molecule has 2 aliphatic carbocycles. The zero-order valence-corrected chi connectivity index (χ0v) is 14.5. The molecule has 0 bridgehead atoms. The van der Waals surface area contributed by atoms with E-state index in [0.717, 1.165) is 49.2 Å². The number of hydrogen-bond donors (Lipinski definition) is 1. The molecule has 25 heavy (non-hydrogen) atoms. The number of aliphatic carboxylic acids is 1. The average molecular weight is 341 g/mol. The van der Waals surface area contributed by atoms with Crippen molar-refractivity contribution in [3.05, 3.63) is 34.9 Å². The van der Waals surface area contributed by atoms with E-state index in [1.165, 1.54) is 0 Å². The van der Waals surface area contributed by atoms with Crippen LogP contribution in [0.3, 0.4) is 0 Å². The Morgan fingerprint density at radius 3 is 2.56 bits per heavy atom. The van der Waals surface area contributed by atoms with Crippen molar-refractivity contribution in [2.24, 2.45) is 5.41 Å². The molecule has 3 aliphatic rings. The van der Waals surface area contributed by atoms with Crippen LogP contribution in [0.1, 0.15) is 66.3 Å². The number of carboxylic acids is 1. The Bertz CT molecular complexity index is 763. The summed E-state index contributed by atoms with van der Waals surface area (Å²) in [6.45, 7) is 2.89. The molecule has 132 valence electrons. The van der Waals surface area contributed by atoms with Crippen molar-refractivity contribution >= 4 is 11.9 Å². The van der Waals surface area contributed by atoms with Gasteiger partial charge in [0.05, 0.1) is 16.7 Å². The SMILES string of the molecule is Cc1nc(C2CC2)ncc1C(=O)N1CC=C(C2(C(=O)O)CCC2)CC1. The molecule has 6 nitrogen and oxygen atoms in total. The summed E-state index contributed by atoms with van der Waals surface area (Å²) in [5.74, 6) is 0.541. The number of hydrogen-bond acceptors (Lipinski definition) is 4. The highest BCUT2D eigenvalue weighted by atomic mass is 16.4. The van der Waals surface area contributed by atoms with Crippen molar-refractivity contribution in [1.29, 1.82) is 0 Å². The lowest BCUT2D eigenvalue weighted by Crippen LogP contribution is -2.44. The molecule has 4 rings (SSSR count). The molecular weight excluding hydrogens is 318 g/mol. The first-order chi connectivity index (χ1) is 12.0. The first-order valence-electron chi connectivity index (χ1n) is 9.07. The normalized spacial score (nSPS) is 22.1. The first kappa shape index (κ1) is 16.2. The number of carboxylic acid groups (broad SMARTS) is 1. The maximum atomic E-state index is 12.8. The summed E-state index contributed by atoms with van der Waals surface area (Å²) in [5, 5.41) is 9.56. The Hall–Kier alpha value is -2.24. The summed E-state index contributed by atoms with van der Waals surface area (Å²) in [7, 11) is 0. The van der Waals surface area contributed by atoms with Crippen molar-refractivity contribution in [3.63, 3.8) is 0 Å². The van der Waals surface area contributed by atoms with Gasteiger partial charge in [0.15, 0.2) is 0 Å². The highest BCUT2D eigenvalue weighted by Crippen LogP contribution is 2.49. The molecule has 6 heteroatoms. The second-order valence-corrected chi connectivity index (χ2v) is 7.47. The van der Waals surface area contributed by atoms with Crippen molar-refractivity contribution in [2.75, 3.05) is 13.1 Å². The molecule has 2 fully saturated rings. The van der Waals surface area contributed by atoms with E-state index in [9.17, 15) is 14.7 Å². The fourth-order valence-electron chi connectivity index (χ4n) is 3.89. The second kappa shape index (κ2) is 5.93. The zero-order chi connectivity index (χ0) is 17.6. The summed E-state index contributed by atoms with van der Waals surface area (Å²) in [4.78, 5) is 35.1. The minimum atomic E-state index is -0.718. The van der Waals surface area contributed by atoms with Crippen LogP contribution < -0.4 is 0 Å². The fourth-order valence-corrected chi connectivity index (χ4v) is 3.89. The molecule has 0 atom stereocenters. The molecular formula is C19H23N3O3. The maximum absolute atomic E-state index is 12.8. The lowest BCUT2D eigenvalue weighted by molar-refractivity contribution is -0.151. The summed E-state index contributed by atoms with van der Waals surface area (Å²) in [6.07, 6.45) is 8.92. The highest BCUT2D eigenvalue weighted by Gasteiger charge is 2.47. The topological polar surface area (TPSA) is 83.4 Å². The van der Waals surface area contributed by atoms with Crippen LogP contribution in [0.2, 0.25) is 0 Å². The van der Waals surface area contributed by atoms with Crippen LogP contribution in [0.25, 0.3) is 0 Å². The van der Waals surface area contributed by atoms with Crippen molar-refractivity contribution in [1.82, 2.24) is 14.9 Å². The summed E-state index contributed by atoms with van der Waals surface area (Å²) in [6, 6.07) is 0. The van der Waals surface area contributed by atoms with Gasteiger partial charge in [-0.3, -0.25) is 9.59 Å². The van der Waals surface area contributed by atoms with Crippen LogP contribution in [-0.4, -0.2) is 44.9 Å². The Balaban J connectivity index is 1.48. The predicted molar refractivity (Wildman–Crippen MR) is 91.3 cm³/mol. The molecule has 1 N–H and O–H groups in total. The summed E-state index contributed by atoms with van der Waals surface area (Å²) in [5.41, 5.74) is 1.61. The number of aromatic nitrogens is 2. The molecule has 0 spiro atoms. The maximum Gasteiger partial charge on any atom is 0.313 e. The molecule has 0 radical (unpaired) electrons. The molecule has 0 saturated heterocycles. The highest BCUT2D eigenvalue weighted by molar-refractivity contribution is 5.95. The third-order valence-corrected chi connectivity index (χ3v) is 5.90. The van der Waals surface area contributed by atoms with Crippen LogP contribution in [0, 0.1) is 12.3 Å². The van der Waals surface area contributed by atoms with E-state index >= 15 is 0 Å². The van der Waals surface area contributed by atoms with Gasteiger partial charge in [0.2, 0.25) is 0 Å². The number of nitrogens with zero attached hydrogens (tertiary/aromatic N) is 3. The lowest BCUT2D eigenvalue weighted by Gasteiger charge is -2.42. The van der Waals surface area contributed by atoms with Gasteiger partial charge in [-0.25, -0.2) is 9.97 Å². The van der Waals surface area contributed by atoms with Gasteiger partial charge in [0.1, 0.15) is 5.82 Å². The van der Waals surface area contributed by atoms with Gasteiger partial charge < -0.3 is 10.0 Å². The van der Waals surface area contributed by atoms with E-state index in [0.29, 0.717) is 31.0 Å². The third kappa shape index (κ3) is 2.73. The third-order valence-electron chi connectivity index (χ3n) is 5.90. The average Bonchev–Trinajstić information content (AvgIpc) is 3.38. The van der Waals surface area contributed by atoms with Crippen LogP contribution in [0.4, 0.5) is 0 Å². The quantitative estimate of drug-likeness (QED) is 0.851. The molecule has 1 aliphatic heterocycles. The van der Waals surface area contributed by atoms with Gasteiger partial charge in [-0.2, -0.15) is 0 Å². The number of carbonyl (C=O) groups is 2. The van der Waals surface area contributed by atoms with Gasteiger partial charge in [-0.15, -0.1) is 0 Å². The standard InChI is InChI=1S/C19H23N3O3/c1-12-15(11-20-16(21-12)13-3-4-13)17(23)22-9-5-14(6-10-22)19(18(24)25)7-2-8-19/h5,11,13H,2-4,6-10H2,1H3,(H,24,25). The van der Waals surface area contributed by atoms with E-state index < -0.39 is 11.4 Å². The molecule has 1 amide bonds. The van der Waals surface area contributed by atoms with Crippen LogP contribution >= 0.6 is 0 Å². The number of aryl methyl sites for hydroxylation is 1. The minimum absolute atomic E-state index is 0.0619. The van der Waals surface area contributed by atoms with E-state index in [4.69, 9.17) is 0 Å². The van der Waals surface area contributed by atoms with Crippen LogP contribution in [0.5, 0.6) is 0 Å². The number of rotatable bonds is 4. The predicted octanol–water partition coefficient (Wildman–Crippen LogP) is 2.69. The number of carbonyl (C=O) groups excluding carboxylic acids is 1. The summed E-state index contributed by atoms with van der Waals surface area (Å²) < 4.78 is 0. The van der Waals surface area contributed by atoms with E-state index in [2.05, 4.69) is 9.97 Å². The largest absolute Gasteiger partial charge is 0.481 e. The summed E-state index contributed by atoms with van der Waals surface area (Å²) >= 11 is 0. The van der Waals surface area contributed by atoms with Gasteiger partial charge in [-0.05, 0) is 39.0 Å². The van der Waals surface area contributed by atoms with Crippen LogP contribution in [-0.2, 0) is 4.79 Å². The molecule has 2 saturated carbocycles. The Labute approximate surface area is 147 Å². The van der Waals surface area contributed by atoms with Crippen molar-refractivity contribution in [2.45, 2.75) is 51.4 Å². The van der Waals surface area contributed by atoms with Gasteiger partial charge in [0, 0.05) is 25.2 Å². The van der Waals surface area contributed by atoms with Crippen molar-refractivity contribution in [3.8, 4) is 0 Å². The van der Waals surface area contributed by atoms with Crippen LogP contribution in [0.15, 0.2) is 17.8 Å². The molecule has 0 aromatic carbocycles. The van der Waals surface area contributed by atoms with Crippen molar-refractivity contribution < 1.29 is 14.7 Å². The number of amides is 1. The molecule has 1 aromatic rings.